The van der Waals surface area contributed by atoms with Gasteiger partial charge in [-0.1, -0.05) is 0 Å². The van der Waals surface area contributed by atoms with E-state index in [1.54, 1.807) is 7.11 Å². The Labute approximate surface area is 148 Å². The Hall–Kier alpha value is -1.48. The van der Waals surface area contributed by atoms with Crippen molar-refractivity contribution in [2.75, 3.05) is 39.9 Å². The fourth-order valence-corrected chi connectivity index (χ4v) is 4.31. The maximum absolute atomic E-state index is 12.9. The number of benzene rings is 1. The highest BCUT2D eigenvalue weighted by Gasteiger charge is 2.36. The van der Waals surface area contributed by atoms with E-state index in [9.17, 15) is 13.2 Å². The van der Waals surface area contributed by atoms with Crippen LogP contribution in [0.3, 0.4) is 0 Å². The van der Waals surface area contributed by atoms with Crippen molar-refractivity contribution in [2.45, 2.75) is 23.8 Å². The number of sulfonamides is 1. The monoisotopic (exact) mass is 367 g/mol. The molecule has 0 spiro atoms. The van der Waals surface area contributed by atoms with Crippen molar-refractivity contribution in [3.63, 3.8) is 0 Å². The second-order valence-corrected chi connectivity index (χ2v) is 8.43. The largest absolute Gasteiger partial charge is 0.383 e. The first-order valence-corrected chi connectivity index (χ1v) is 10.1. The summed E-state index contributed by atoms with van der Waals surface area (Å²) in [6.45, 7) is 4.04. The molecule has 25 heavy (non-hydrogen) atoms. The number of methoxy groups -OCH3 is 1. The number of primary sulfonamides is 1. The van der Waals surface area contributed by atoms with Gasteiger partial charge < -0.3 is 9.64 Å². The third kappa shape index (κ3) is 4.20. The topological polar surface area (TPSA) is 92.9 Å². The Bertz CT molecular complexity index is 720. The first-order chi connectivity index (χ1) is 11.9. The Balaban J connectivity index is 1.72. The van der Waals surface area contributed by atoms with E-state index in [4.69, 9.17) is 9.88 Å². The number of fused-ring (bicyclic) bond motifs is 4. The maximum atomic E-state index is 12.9. The van der Waals surface area contributed by atoms with Crippen LogP contribution in [0.15, 0.2) is 29.2 Å². The molecule has 4 rings (SSSR count). The van der Waals surface area contributed by atoms with Crippen molar-refractivity contribution < 1.29 is 17.9 Å². The first-order valence-electron chi connectivity index (χ1n) is 8.53. The molecule has 3 saturated heterocycles. The summed E-state index contributed by atoms with van der Waals surface area (Å²) >= 11 is 0. The number of ether oxygens (including phenoxy) is 1. The lowest BCUT2D eigenvalue weighted by Crippen LogP contribution is -2.45. The number of hydrogen-bond acceptors (Lipinski definition) is 5. The molecule has 2 atom stereocenters. The Morgan fingerprint density at radius 1 is 1.20 bits per heavy atom. The number of amides is 1. The maximum Gasteiger partial charge on any atom is 0.253 e. The summed E-state index contributed by atoms with van der Waals surface area (Å²) < 4.78 is 27.9. The van der Waals surface area contributed by atoms with Crippen molar-refractivity contribution in [2.24, 2.45) is 11.1 Å². The second-order valence-electron chi connectivity index (χ2n) is 6.86. The molecule has 3 heterocycles. The summed E-state index contributed by atoms with van der Waals surface area (Å²) in [7, 11) is -2.04. The summed E-state index contributed by atoms with van der Waals surface area (Å²) in [5, 5.41) is 5.11. The number of nitrogens with two attached hydrogens (primary N) is 1. The van der Waals surface area contributed by atoms with Gasteiger partial charge in [-0.25, -0.2) is 13.6 Å². The summed E-state index contributed by atoms with van der Waals surface area (Å²) in [6, 6.07) is 6.22. The number of rotatable bonds is 5. The Morgan fingerprint density at radius 3 is 2.56 bits per heavy atom. The van der Waals surface area contributed by atoms with Crippen LogP contribution >= 0.6 is 0 Å². The van der Waals surface area contributed by atoms with E-state index in [-0.39, 0.29) is 10.8 Å². The lowest BCUT2D eigenvalue weighted by molar-refractivity contribution is 0.0717. The van der Waals surface area contributed by atoms with Crippen LogP contribution in [0.1, 0.15) is 23.2 Å². The van der Waals surface area contributed by atoms with Gasteiger partial charge in [-0.2, -0.15) is 0 Å². The van der Waals surface area contributed by atoms with Gasteiger partial charge >= 0.3 is 0 Å². The average molecular weight is 367 g/mol. The van der Waals surface area contributed by atoms with Gasteiger partial charge in [0.1, 0.15) is 0 Å². The average Bonchev–Trinajstić information content (AvgIpc) is 2.90. The number of piperidine rings is 1. The molecule has 3 aliphatic heterocycles. The predicted octanol–water partition coefficient (Wildman–Crippen LogP) is 0.517. The number of carbonyl (C=O) groups excluding carboxylic acids is 1. The van der Waals surface area contributed by atoms with E-state index in [2.05, 4.69) is 4.90 Å². The molecule has 1 amide bonds. The smallest absolute Gasteiger partial charge is 0.253 e. The molecule has 0 saturated carbocycles. The molecule has 2 N–H and O–H groups in total. The molecule has 1 aromatic carbocycles. The van der Waals surface area contributed by atoms with E-state index in [0.717, 1.165) is 32.5 Å². The minimum absolute atomic E-state index is 0.0192. The quantitative estimate of drug-likeness (QED) is 0.819. The fraction of sp³-hybridized carbons (Fsp3) is 0.588. The molecule has 0 radical (unpaired) electrons. The lowest BCUT2D eigenvalue weighted by atomic mass is 9.95. The van der Waals surface area contributed by atoms with E-state index in [1.807, 2.05) is 4.90 Å². The van der Waals surface area contributed by atoms with Crippen molar-refractivity contribution in [3.05, 3.63) is 29.8 Å². The molecule has 2 bridgehead atoms. The number of hydrogen-bond donors (Lipinski definition) is 1. The van der Waals surface area contributed by atoms with Gasteiger partial charge in [0.25, 0.3) is 5.91 Å². The lowest BCUT2D eigenvalue weighted by Gasteiger charge is -2.35. The third-order valence-electron chi connectivity index (χ3n) is 5.13. The molecule has 8 heteroatoms. The molecule has 3 fully saturated rings. The summed E-state index contributed by atoms with van der Waals surface area (Å²) in [5.41, 5.74) is 0.497. The van der Waals surface area contributed by atoms with Crippen LogP contribution in [0.4, 0.5) is 0 Å². The van der Waals surface area contributed by atoms with E-state index in [1.165, 1.54) is 24.3 Å². The SMILES string of the molecule is COCCN1C[C@H]2CC[C@@H]1CN(C(=O)c1ccc(S(N)(=O)=O)cc1)C2. The van der Waals surface area contributed by atoms with Crippen LogP contribution in [0.25, 0.3) is 0 Å². The highest BCUT2D eigenvalue weighted by atomic mass is 32.2. The number of carbonyl (C=O) groups is 1. The molecule has 7 nitrogen and oxygen atoms in total. The van der Waals surface area contributed by atoms with Crippen LogP contribution in [-0.2, 0) is 14.8 Å². The molecule has 0 aliphatic carbocycles. The van der Waals surface area contributed by atoms with Gasteiger partial charge in [-0.15, -0.1) is 0 Å². The highest BCUT2D eigenvalue weighted by Crippen LogP contribution is 2.28. The predicted molar refractivity (Wildman–Crippen MR) is 93.7 cm³/mol. The van der Waals surface area contributed by atoms with Crippen molar-refractivity contribution >= 4 is 15.9 Å². The van der Waals surface area contributed by atoms with Crippen LogP contribution in [0, 0.1) is 5.92 Å². The van der Waals surface area contributed by atoms with Crippen LogP contribution < -0.4 is 5.14 Å². The second kappa shape index (κ2) is 7.41. The first kappa shape index (κ1) is 18.3. The Morgan fingerprint density at radius 2 is 1.92 bits per heavy atom. The van der Waals surface area contributed by atoms with E-state index in [0.29, 0.717) is 30.7 Å². The zero-order valence-electron chi connectivity index (χ0n) is 14.4. The molecular formula is C17H25N3O4S. The minimum Gasteiger partial charge on any atom is -0.383 e. The van der Waals surface area contributed by atoms with E-state index >= 15 is 0 Å². The van der Waals surface area contributed by atoms with Gasteiger partial charge in [0.05, 0.1) is 11.5 Å². The molecule has 1 aromatic rings. The zero-order valence-corrected chi connectivity index (χ0v) is 15.2. The molecule has 0 unspecified atom stereocenters. The molecule has 138 valence electrons. The van der Waals surface area contributed by atoms with Crippen LogP contribution in [-0.4, -0.2) is 70.1 Å². The standard InChI is InChI=1S/C17H25N3O4S/c1-24-9-8-19-10-13-2-5-15(19)12-20(11-13)17(21)14-3-6-16(7-4-14)25(18,22)23/h3-4,6-7,13,15H,2,5,8-12H2,1H3,(H2,18,22,23)/t13-,15-/m1/s1. The summed E-state index contributed by atoms with van der Waals surface area (Å²) in [5.74, 6) is 0.426. The van der Waals surface area contributed by atoms with Gasteiger partial charge in [0.15, 0.2) is 0 Å². The summed E-state index contributed by atoms with van der Waals surface area (Å²) in [6.07, 6.45) is 2.24. The molecular weight excluding hydrogens is 342 g/mol. The van der Waals surface area contributed by atoms with Gasteiger partial charge in [-0.05, 0) is 43.0 Å². The van der Waals surface area contributed by atoms with E-state index < -0.39 is 10.0 Å². The zero-order chi connectivity index (χ0) is 18.0. The minimum atomic E-state index is -3.74. The number of nitrogens with zero attached hydrogens (tertiary/aromatic N) is 2. The third-order valence-corrected chi connectivity index (χ3v) is 6.06. The molecule has 3 aliphatic rings. The van der Waals surface area contributed by atoms with Gasteiger partial charge in [-0.3, -0.25) is 9.69 Å². The highest BCUT2D eigenvalue weighted by molar-refractivity contribution is 7.89. The fourth-order valence-electron chi connectivity index (χ4n) is 3.80. The van der Waals surface area contributed by atoms with Crippen molar-refractivity contribution in [1.82, 2.24) is 9.80 Å². The van der Waals surface area contributed by atoms with Crippen molar-refractivity contribution in [1.29, 1.82) is 0 Å². The van der Waals surface area contributed by atoms with Gasteiger partial charge in [0.2, 0.25) is 10.0 Å². The Kier molecular flexibility index (Phi) is 5.43. The molecule has 0 aromatic heterocycles. The van der Waals surface area contributed by atoms with Gasteiger partial charge in [0, 0.05) is 44.9 Å². The van der Waals surface area contributed by atoms with Crippen LogP contribution in [0.5, 0.6) is 0 Å². The van der Waals surface area contributed by atoms with Crippen molar-refractivity contribution in [3.8, 4) is 0 Å². The normalized spacial score (nSPS) is 24.3. The summed E-state index contributed by atoms with van der Waals surface area (Å²) in [4.78, 5) is 17.2. The van der Waals surface area contributed by atoms with Crippen LogP contribution in [0.2, 0.25) is 0 Å².